The molecule has 1 aromatic rings. The molecule has 1 aromatic heterocycles. The van der Waals surface area contributed by atoms with Crippen molar-refractivity contribution < 1.29 is 9.53 Å². The van der Waals surface area contributed by atoms with E-state index >= 15 is 0 Å². The van der Waals surface area contributed by atoms with Crippen molar-refractivity contribution in [1.29, 1.82) is 0 Å². The van der Waals surface area contributed by atoms with Crippen LogP contribution < -0.4 is 5.32 Å². The largest absolute Gasteiger partial charge is 0.386 e. The first kappa shape index (κ1) is 13.4. The van der Waals surface area contributed by atoms with Gasteiger partial charge in [0.1, 0.15) is 0 Å². The van der Waals surface area contributed by atoms with Crippen LogP contribution in [0, 0.1) is 0 Å². The summed E-state index contributed by atoms with van der Waals surface area (Å²) in [6.45, 7) is 2.46. The van der Waals surface area contributed by atoms with Gasteiger partial charge in [-0.3, -0.25) is 9.78 Å². The van der Waals surface area contributed by atoms with Gasteiger partial charge in [-0.1, -0.05) is 0 Å². The lowest BCUT2D eigenvalue weighted by atomic mass is 10.2. The molecule has 1 heterocycles. The number of amides is 1. The molecule has 0 aliphatic carbocycles. The van der Waals surface area contributed by atoms with Crippen LogP contribution in [0.25, 0.3) is 0 Å². The van der Waals surface area contributed by atoms with E-state index < -0.39 is 0 Å². The Kier molecular flexibility index (Phi) is 4.90. The Balaban J connectivity index is 2.88. The number of ether oxygens (including phenoxy) is 1. The Hall–Kier alpha value is -1.62. The summed E-state index contributed by atoms with van der Waals surface area (Å²) >= 11 is 0. The minimum Gasteiger partial charge on any atom is -0.386 e. The third-order valence-corrected chi connectivity index (χ3v) is 2.71. The molecule has 1 N–H and O–H groups in total. The molecule has 0 aliphatic rings. The Morgan fingerprint density at radius 2 is 2.35 bits per heavy atom. The van der Waals surface area contributed by atoms with Gasteiger partial charge >= 0.3 is 0 Å². The molecule has 0 spiro atoms. The zero-order valence-corrected chi connectivity index (χ0v) is 10.7. The first-order valence-electron chi connectivity index (χ1n) is 5.49. The Morgan fingerprint density at radius 3 is 2.94 bits per heavy atom. The first-order chi connectivity index (χ1) is 8.11. The lowest BCUT2D eigenvalue weighted by Gasteiger charge is -2.25. The van der Waals surface area contributed by atoms with E-state index in [1.165, 1.54) is 0 Å². The summed E-state index contributed by atoms with van der Waals surface area (Å²) in [5.41, 5.74) is 1.35. The summed E-state index contributed by atoms with van der Waals surface area (Å²) in [5, 5.41) is 2.96. The van der Waals surface area contributed by atoms with Gasteiger partial charge in [-0.05, 0) is 13.0 Å². The lowest BCUT2D eigenvalue weighted by molar-refractivity contribution is 0.0634. The van der Waals surface area contributed by atoms with Crippen LogP contribution in [0.2, 0.25) is 0 Å². The maximum absolute atomic E-state index is 12.2. The Bertz CT molecular complexity index is 382. The number of carbonyl (C=O) groups excluding carboxylic acids is 1. The normalized spacial score (nSPS) is 12.0. The van der Waals surface area contributed by atoms with E-state index in [4.69, 9.17) is 4.74 Å². The quantitative estimate of drug-likeness (QED) is 0.837. The molecule has 17 heavy (non-hydrogen) atoms. The van der Waals surface area contributed by atoms with E-state index in [1.54, 1.807) is 44.6 Å². The molecular weight excluding hydrogens is 218 g/mol. The number of nitrogens with one attached hydrogen (secondary N) is 1. The number of hydrogen-bond acceptors (Lipinski definition) is 4. The second-order valence-corrected chi connectivity index (χ2v) is 3.89. The molecule has 0 aromatic carbocycles. The van der Waals surface area contributed by atoms with Crippen LogP contribution in [-0.4, -0.2) is 49.6 Å². The van der Waals surface area contributed by atoms with Crippen LogP contribution in [0.5, 0.6) is 0 Å². The van der Waals surface area contributed by atoms with Gasteiger partial charge in [0.15, 0.2) is 0 Å². The highest BCUT2D eigenvalue weighted by atomic mass is 16.5. The zero-order chi connectivity index (χ0) is 12.8. The standard InChI is InChI=1S/C12H19N3O2/c1-9(8-17-4)15(3)12(16)10-5-6-14-7-11(10)13-2/h5-7,9,13H,8H2,1-4H3. The molecule has 0 radical (unpaired) electrons. The molecule has 0 fully saturated rings. The fourth-order valence-corrected chi connectivity index (χ4v) is 1.52. The van der Waals surface area contributed by atoms with Crippen molar-refractivity contribution in [2.24, 2.45) is 0 Å². The molecule has 1 rings (SSSR count). The summed E-state index contributed by atoms with van der Waals surface area (Å²) in [6.07, 6.45) is 3.25. The summed E-state index contributed by atoms with van der Waals surface area (Å²) in [6, 6.07) is 1.75. The summed E-state index contributed by atoms with van der Waals surface area (Å²) in [4.78, 5) is 17.9. The van der Waals surface area contributed by atoms with Crippen molar-refractivity contribution in [3.63, 3.8) is 0 Å². The van der Waals surface area contributed by atoms with Crippen molar-refractivity contribution in [1.82, 2.24) is 9.88 Å². The monoisotopic (exact) mass is 237 g/mol. The van der Waals surface area contributed by atoms with Gasteiger partial charge in [-0.2, -0.15) is 0 Å². The number of aromatic nitrogens is 1. The highest BCUT2D eigenvalue weighted by Crippen LogP contribution is 2.15. The molecule has 1 amide bonds. The maximum Gasteiger partial charge on any atom is 0.256 e. The topological polar surface area (TPSA) is 54.5 Å². The smallest absolute Gasteiger partial charge is 0.256 e. The number of likely N-dealkylation sites (N-methyl/N-ethyl adjacent to an activating group) is 1. The molecule has 5 nitrogen and oxygen atoms in total. The Morgan fingerprint density at radius 1 is 1.65 bits per heavy atom. The van der Waals surface area contributed by atoms with E-state index in [0.717, 1.165) is 5.69 Å². The summed E-state index contributed by atoms with van der Waals surface area (Å²) < 4.78 is 5.05. The average molecular weight is 237 g/mol. The average Bonchev–Trinajstić information content (AvgIpc) is 2.37. The summed E-state index contributed by atoms with van der Waals surface area (Å²) in [5.74, 6) is -0.0405. The molecule has 5 heteroatoms. The molecule has 94 valence electrons. The fourth-order valence-electron chi connectivity index (χ4n) is 1.52. The third kappa shape index (κ3) is 3.17. The Labute approximate surface area is 102 Å². The maximum atomic E-state index is 12.2. The van der Waals surface area contributed by atoms with Gasteiger partial charge in [-0.15, -0.1) is 0 Å². The predicted octanol–water partition coefficient (Wildman–Crippen LogP) is 1.23. The molecule has 1 atom stereocenters. The van der Waals surface area contributed by atoms with Crippen LogP contribution in [0.1, 0.15) is 17.3 Å². The number of anilines is 1. The van der Waals surface area contributed by atoms with E-state index in [9.17, 15) is 4.79 Å². The lowest BCUT2D eigenvalue weighted by Crippen LogP contribution is -2.38. The molecular formula is C12H19N3O2. The van der Waals surface area contributed by atoms with Crippen LogP contribution in [0.4, 0.5) is 5.69 Å². The first-order valence-corrected chi connectivity index (χ1v) is 5.49. The second kappa shape index (κ2) is 6.20. The molecule has 0 aliphatic heterocycles. The number of carbonyl (C=O) groups is 1. The van der Waals surface area contributed by atoms with Gasteiger partial charge in [0.2, 0.25) is 0 Å². The highest BCUT2D eigenvalue weighted by molar-refractivity contribution is 5.99. The van der Waals surface area contributed by atoms with E-state index in [0.29, 0.717) is 12.2 Å². The van der Waals surface area contributed by atoms with Crippen molar-refractivity contribution >= 4 is 11.6 Å². The van der Waals surface area contributed by atoms with Gasteiger partial charge < -0.3 is 15.0 Å². The fraction of sp³-hybridized carbons (Fsp3) is 0.500. The van der Waals surface area contributed by atoms with Crippen LogP contribution in [0.15, 0.2) is 18.5 Å². The number of methoxy groups -OCH3 is 1. The number of hydrogen-bond donors (Lipinski definition) is 1. The molecule has 1 unspecified atom stereocenters. The van der Waals surface area contributed by atoms with Crippen molar-refractivity contribution in [2.45, 2.75) is 13.0 Å². The number of nitrogens with zero attached hydrogens (tertiary/aromatic N) is 2. The highest BCUT2D eigenvalue weighted by Gasteiger charge is 2.19. The van der Waals surface area contributed by atoms with Gasteiger partial charge in [0.25, 0.3) is 5.91 Å². The van der Waals surface area contributed by atoms with Crippen molar-refractivity contribution in [2.75, 3.05) is 33.1 Å². The second-order valence-electron chi connectivity index (χ2n) is 3.89. The van der Waals surface area contributed by atoms with E-state index in [2.05, 4.69) is 10.3 Å². The van der Waals surface area contributed by atoms with Crippen LogP contribution in [-0.2, 0) is 4.74 Å². The third-order valence-electron chi connectivity index (χ3n) is 2.71. The minimum absolute atomic E-state index is 0.0328. The van der Waals surface area contributed by atoms with Crippen LogP contribution in [0.3, 0.4) is 0 Å². The zero-order valence-electron chi connectivity index (χ0n) is 10.7. The van der Waals surface area contributed by atoms with Crippen LogP contribution >= 0.6 is 0 Å². The van der Waals surface area contributed by atoms with Gasteiger partial charge in [0.05, 0.1) is 30.1 Å². The van der Waals surface area contributed by atoms with E-state index in [1.807, 2.05) is 6.92 Å². The number of pyridine rings is 1. The molecule has 0 saturated carbocycles. The minimum atomic E-state index is -0.0405. The predicted molar refractivity (Wildman–Crippen MR) is 67.2 cm³/mol. The number of rotatable bonds is 5. The van der Waals surface area contributed by atoms with Gasteiger partial charge in [-0.25, -0.2) is 0 Å². The van der Waals surface area contributed by atoms with E-state index in [-0.39, 0.29) is 11.9 Å². The van der Waals surface area contributed by atoms with Crippen molar-refractivity contribution in [3.8, 4) is 0 Å². The SMILES string of the molecule is CNc1cnccc1C(=O)N(C)C(C)COC. The van der Waals surface area contributed by atoms with Gasteiger partial charge in [0, 0.05) is 27.4 Å². The van der Waals surface area contributed by atoms with Crippen molar-refractivity contribution in [3.05, 3.63) is 24.0 Å². The molecule has 0 saturated heterocycles. The molecule has 0 bridgehead atoms. The summed E-state index contributed by atoms with van der Waals surface area (Å²) in [7, 11) is 5.17.